The van der Waals surface area contributed by atoms with Gasteiger partial charge in [-0.3, -0.25) is 4.79 Å². The van der Waals surface area contributed by atoms with Crippen LogP contribution in [-0.4, -0.2) is 30.7 Å². The SMILES string of the molecule is Cc1ccc(C)c(NC(=O)[C@@H](C)OC(=O)[C@H]2COc3ccccc3O2)c1. The molecule has 1 N–H and O–H groups in total. The first-order chi connectivity index (χ1) is 12.4. The van der Waals surface area contributed by atoms with Crippen molar-refractivity contribution in [3.8, 4) is 11.5 Å². The van der Waals surface area contributed by atoms with Crippen LogP contribution in [-0.2, 0) is 14.3 Å². The van der Waals surface area contributed by atoms with E-state index in [2.05, 4.69) is 5.32 Å². The first-order valence-electron chi connectivity index (χ1n) is 8.41. The number of aryl methyl sites for hydroxylation is 2. The van der Waals surface area contributed by atoms with Crippen LogP contribution in [0.15, 0.2) is 42.5 Å². The van der Waals surface area contributed by atoms with E-state index in [0.717, 1.165) is 11.1 Å². The van der Waals surface area contributed by atoms with E-state index >= 15 is 0 Å². The normalized spacial score (nSPS) is 16.5. The molecule has 6 nitrogen and oxygen atoms in total. The highest BCUT2D eigenvalue weighted by Crippen LogP contribution is 2.31. The molecule has 0 saturated heterocycles. The Morgan fingerprint density at radius 2 is 1.88 bits per heavy atom. The Morgan fingerprint density at radius 1 is 1.15 bits per heavy atom. The molecule has 26 heavy (non-hydrogen) atoms. The van der Waals surface area contributed by atoms with Gasteiger partial charge in [0.25, 0.3) is 5.91 Å². The number of hydrogen-bond acceptors (Lipinski definition) is 5. The van der Waals surface area contributed by atoms with E-state index in [9.17, 15) is 9.59 Å². The predicted octanol–water partition coefficient (Wildman–Crippen LogP) is 3.01. The monoisotopic (exact) mass is 355 g/mol. The van der Waals surface area contributed by atoms with Gasteiger partial charge in [-0.15, -0.1) is 0 Å². The standard InChI is InChI=1S/C20H21NO5/c1-12-8-9-13(2)15(10-12)21-19(22)14(3)25-20(23)18-11-24-16-6-4-5-7-17(16)26-18/h4-10,14,18H,11H2,1-3H3,(H,21,22)/t14-,18-/m1/s1. The Balaban J connectivity index is 1.59. The number of para-hydroxylation sites is 2. The van der Waals surface area contributed by atoms with E-state index < -0.39 is 24.1 Å². The summed E-state index contributed by atoms with van der Waals surface area (Å²) >= 11 is 0. The number of carbonyl (C=O) groups excluding carboxylic acids is 2. The summed E-state index contributed by atoms with van der Waals surface area (Å²) in [6.07, 6.45) is -1.86. The summed E-state index contributed by atoms with van der Waals surface area (Å²) in [5, 5.41) is 2.79. The van der Waals surface area contributed by atoms with Crippen LogP contribution in [0.1, 0.15) is 18.1 Å². The number of amides is 1. The average Bonchev–Trinajstić information content (AvgIpc) is 2.64. The molecule has 0 unspecified atom stereocenters. The fourth-order valence-electron chi connectivity index (χ4n) is 2.54. The van der Waals surface area contributed by atoms with Crippen LogP contribution in [0, 0.1) is 13.8 Å². The molecule has 0 fully saturated rings. The number of esters is 1. The largest absolute Gasteiger partial charge is 0.485 e. The Bertz CT molecular complexity index is 833. The van der Waals surface area contributed by atoms with Crippen molar-refractivity contribution in [1.82, 2.24) is 0 Å². The molecule has 1 heterocycles. The molecule has 0 aromatic heterocycles. The summed E-state index contributed by atoms with van der Waals surface area (Å²) in [6, 6.07) is 12.8. The Labute approximate surface area is 152 Å². The summed E-state index contributed by atoms with van der Waals surface area (Å²) in [7, 11) is 0. The third-order valence-corrected chi connectivity index (χ3v) is 4.08. The smallest absolute Gasteiger partial charge is 0.351 e. The van der Waals surface area contributed by atoms with Crippen molar-refractivity contribution in [2.75, 3.05) is 11.9 Å². The van der Waals surface area contributed by atoms with E-state index in [4.69, 9.17) is 14.2 Å². The maximum absolute atomic E-state index is 12.3. The van der Waals surface area contributed by atoms with Crippen LogP contribution in [0.2, 0.25) is 0 Å². The summed E-state index contributed by atoms with van der Waals surface area (Å²) in [5.41, 5.74) is 2.66. The van der Waals surface area contributed by atoms with Crippen LogP contribution < -0.4 is 14.8 Å². The third kappa shape index (κ3) is 3.96. The lowest BCUT2D eigenvalue weighted by atomic mass is 10.1. The Morgan fingerprint density at radius 3 is 2.65 bits per heavy atom. The summed E-state index contributed by atoms with van der Waals surface area (Å²) in [5.74, 6) is 0.0257. The van der Waals surface area contributed by atoms with Crippen LogP contribution in [0.4, 0.5) is 5.69 Å². The van der Waals surface area contributed by atoms with E-state index in [0.29, 0.717) is 17.2 Å². The van der Waals surface area contributed by atoms with Gasteiger partial charge in [0.1, 0.15) is 6.61 Å². The zero-order valence-electron chi connectivity index (χ0n) is 14.9. The Kier molecular flexibility index (Phi) is 5.11. The zero-order valence-corrected chi connectivity index (χ0v) is 14.9. The Hall–Kier alpha value is -3.02. The second-order valence-electron chi connectivity index (χ2n) is 6.25. The lowest BCUT2D eigenvalue weighted by Gasteiger charge is -2.26. The van der Waals surface area contributed by atoms with E-state index in [1.807, 2.05) is 38.1 Å². The van der Waals surface area contributed by atoms with Gasteiger partial charge in [-0.25, -0.2) is 4.79 Å². The quantitative estimate of drug-likeness (QED) is 0.854. The minimum Gasteiger partial charge on any atom is -0.485 e. The number of fused-ring (bicyclic) bond motifs is 1. The van der Waals surface area contributed by atoms with Gasteiger partial charge >= 0.3 is 5.97 Å². The van der Waals surface area contributed by atoms with Crippen molar-refractivity contribution in [1.29, 1.82) is 0 Å². The topological polar surface area (TPSA) is 73.9 Å². The second-order valence-corrected chi connectivity index (χ2v) is 6.25. The van der Waals surface area contributed by atoms with Gasteiger partial charge in [0.2, 0.25) is 6.10 Å². The van der Waals surface area contributed by atoms with Gasteiger partial charge in [-0.2, -0.15) is 0 Å². The molecule has 0 spiro atoms. The van der Waals surface area contributed by atoms with E-state index in [-0.39, 0.29) is 6.61 Å². The van der Waals surface area contributed by atoms with Crippen LogP contribution in [0.5, 0.6) is 11.5 Å². The summed E-state index contributed by atoms with van der Waals surface area (Å²) < 4.78 is 16.3. The first kappa shape index (κ1) is 17.8. The van der Waals surface area contributed by atoms with Gasteiger partial charge in [-0.05, 0) is 50.1 Å². The molecule has 0 radical (unpaired) electrons. The molecule has 1 aliphatic rings. The van der Waals surface area contributed by atoms with Gasteiger partial charge < -0.3 is 19.5 Å². The summed E-state index contributed by atoms with van der Waals surface area (Å²) in [4.78, 5) is 24.6. The molecule has 2 aromatic carbocycles. The molecule has 136 valence electrons. The highest BCUT2D eigenvalue weighted by Gasteiger charge is 2.31. The van der Waals surface area contributed by atoms with Crippen LogP contribution in [0.3, 0.4) is 0 Å². The van der Waals surface area contributed by atoms with Gasteiger partial charge in [-0.1, -0.05) is 24.3 Å². The number of hydrogen-bond donors (Lipinski definition) is 1. The van der Waals surface area contributed by atoms with Gasteiger partial charge in [0.15, 0.2) is 17.6 Å². The van der Waals surface area contributed by atoms with Crippen molar-refractivity contribution >= 4 is 17.6 Å². The second kappa shape index (κ2) is 7.47. The third-order valence-electron chi connectivity index (χ3n) is 4.08. The van der Waals surface area contributed by atoms with Crippen molar-refractivity contribution in [2.45, 2.75) is 33.0 Å². The lowest BCUT2D eigenvalue weighted by Crippen LogP contribution is -2.41. The summed E-state index contributed by atoms with van der Waals surface area (Å²) in [6.45, 7) is 5.41. The highest BCUT2D eigenvalue weighted by molar-refractivity contribution is 5.96. The molecule has 6 heteroatoms. The van der Waals surface area contributed by atoms with E-state index in [1.165, 1.54) is 6.92 Å². The fourth-order valence-corrected chi connectivity index (χ4v) is 2.54. The number of benzene rings is 2. The zero-order chi connectivity index (χ0) is 18.7. The molecule has 2 aromatic rings. The van der Waals surface area contributed by atoms with Gasteiger partial charge in [0.05, 0.1) is 0 Å². The minimum absolute atomic E-state index is 0.0428. The molecular formula is C20H21NO5. The van der Waals surface area contributed by atoms with Crippen LogP contribution in [0.25, 0.3) is 0 Å². The van der Waals surface area contributed by atoms with E-state index in [1.54, 1.807) is 18.2 Å². The van der Waals surface area contributed by atoms with Crippen molar-refractivity contribution < 1.29 is 23.8 Å². The van der Waals surface area contributed by atoms with Gasteiger partial charge in [0, 0.05) is 5.69 Å². The van der Waals surface area contributed by atoms with Crippen molar-refractivity contribution in [2.24, 2.45) is 0 Å². The molecule has 1 aliphatic heterocycles. The van der Waals surface area contributed by atoms with Crippen LogP contribution >= 0.6 is 0 Å². The predicted molar refractivity (Wildman–Crippen MR) is 96.5 cm³/mol. The number of nitrogens with one attached hydrogen (secondary N) is 1. The lowest BCUT2D eigenvalue weighted by molar-refractivity contribution is -0.162. The van der Waals surface area contributed by atoms with Crippen molar-refractivity contribution in [3.63, 3.8) is 0 Å². The number of rotatable bonds is 4. The van der Waals surface area contributed by atoms with Crippen molar-refractivity contribution in [3.05, 3.63) is 53.6 Å². The molecule has 1 amide bonds. The minimum atomic E-state index is -0.955. The number of ether oxygens (including phenoxy) is 3. The molecular weight excluding hydrogens is 334 g/mol. The maximum atomic E-state index is 12.3. The number of anilines is 1. The molecule has 3 rings (SSSR count). The highest BCUT2D eigenvalue weighted by atomic mass is 16.6. The first-order valence-corrected chi connectivity index (χ1v) is 8.41. The maximum Gasteiger partial charge on any atom is 0.351 e. The average molecular weight is 355 g/mol. The molecule has 0 saturated carbocycles. The molecule has 0 bridgehead atoms. The molecule has 2 atom stereocenters. The number of carbonyl (C=O) groups is 2. The molecule has 0 aliphatic carbocycles. The fraction of sp³-hybridized carbons (Fsp3) is 0.300.